The van der Waals surface area contributed by atoms with E-state index in [1.54, 1.807) is 6.07 Å². The second-order valence-electron chi connectivity index (χ2n) is 4.24. The van der Waals surface area contributed by atoms with Gasteiger partial charge in [0.05, 0.1) is 6.42 Å². The molecule has 1 unspecified atom stereocenters. The molecule has 0 amide bonds. The van der Waals surface area contributed by atoms with E-state index in [9.17, 15) is 9.90 Å². The van der Waals surface area contributed by atoms with Crippen LogP contribution in [0.2, 0.25) is 0 Å². The zero-order valence-corrected chi connectivity index (χ0v) is 10.3. The largest absolute Gasteiger partial charge is 0.508 e. The van der Waals surface area contributed by atoms with Crippen LogP contribution in [0.4, 0.5) is 0 Å². The summed E-state index contributed by atoms with van der Waals surface area (Å²) >= 11 is 3.27. The average Bonchev–Trinajstić information content (AvgIpc) is 2.97. The maximum Gasteiger partial charge on any atom is 0.303 e. The molecule has 1 aromatic carbocycles. The number of carbonyl (C=O) groups is 1. The fourth-order valence-electron chi connectivity index (χ4n) is 2.05. The third-order valence-electron chi connectivity index (χ3n) is 2.98. The molecular formula is C12H13BrO3. The van der Waals surface area contributed by atoms with E-state index < -0.39 is 5.97 Å². The predicted octanol–water partition coefficient (Wildman–Crippen LogP) is 3.12. The summed E-state index contributed by atoms with van der Waals surface area (Å²) in [5.74, 6) is -0.250. The number of aliphatic carboxylic acids is 1. The number of carboxylic acid groups (broad SMARTS) is 1. The van der Waals surface area contributed by atoms with Crippen LogP contribution in [0.5, 0.6) is 5.75 Å². The van der Waals surface area contributed by atoms with Crippen LogP contribution >= 0.6 is 15.9 Å². The molecule has 16 heavy (non-hydrogen) atoms. The van der Waals surface area contributed by atoms with Crippen LogP contribution in [-0.2, 0) is 4.79 Å². The molecule has 86 valence electrons. The summed E-state index contributed by atoms with van der Waals surface area (Å²) in [4.78, 5) is 10.8. The standard InChI is InChI=1S/C12H13BrO3/c13-8-3-4-9(11(14)5-8)10(6-12(15)16)7-1-2-7/h3-5,7,10,14H,1-2,6H2,(H,15,16). The molecule has 1 aliphatic rings. The van der Waals surface area contributed by atoms with Crippen molar-refractivity contribution in [2.45, 2.75) is 25.2 Å². The Morgan fingerprint density at radius 1 is 1.50 bits per heavy atom. The minimum Gasteiger partial charge on any atom is -0.508 e. The Balaban J connectivity index is 2.27. The molecule has 0 aromatic heterocycles. The summed E-state index contributed by atoms with van der Waals surface area (Å²) in [5, 5.41) is 18.7. The molecule has 0 spiro atoms. The van der Waals surface area contributed by atoms with Gasteiger partial charge >= 0.3 is 5.97 Å². The zero-order valence-electron chi connectivity index (χ0n) is 8.69. The third kappa shape index (κ3) is 2.55. The number of hydrogen-bond donors (Lipinski definition) is 2. The Hall–Kier alpha value is -1.03. The molecule has 0 radical (unpaired) electrons. The summed E-state index contributed by atoms with van der Waals surface area (Å²) in [5.41, 5.74) is 0.758. The summed E-state index contributed by atoms with van der Waals surface area (Å²) in [6.45, 7) is 0. The number of hydrogen-bond acceptors (Lipinski definition) is 2. The topological polar surface area (TPSA) is 57.5 Å². The van der Waals surface area contributed by atoms with Gasteiger partial charge in [-0.15, -0.1) is 0 Å². The lowest BCUT2D eigenvalue weighted by molar-refractivity contribution is -0.137. The molecule has 1 fully saturated rings. The fourth-order valence-corrected chi connectivity index (χ4v) is 2.40. The Kier molecular flexibility index (Phi) is 3.19. The van der Waals surface area contributed by atoms with E-state index in [0.29, 0.717) is 5.92 Å². The number of phenolic OH excluding ortho intramolecular Hbond substituents is 1. The van der Waals surface area contributed by atoms with Crippen LogP contribution in [0, 0.1) is 5.92 Å². The van der Waals surface area contributed by atoms with Gasteiger partial charge in [-0.3, -0.25) is 4.79 Å². The normalized spacial score (nSPS) is 17.1. The highest BCUT2D eigenvalue weighted by Gasteiger charge is 2.35. The van der Waals surface area contributed by atoms with E-state index in [1.807, 2.05) is 12.1 Å². The predicted molar refractivity (Wildman–Crippen MR) is 63.5 cm³/mol. The first kappa shape index (κ1) is 11.5. The third-order valence-corrected chi connectivity index (χ3v) is 3.47. The lowest BCUT2D eigenvalue weighted by Crippen LogP contribution is -2.08. The van der Waals surface area contributed by atoms with Gasteiger partial charge in [0.15, 0.2) is 0 Å². The number of halogens is 1. The van der Waals surface area contributed by atoms with Crippen LogP contribution in [0.1, 0.15) is 30.7 Å². The van der Waals surface area contributed by atoms with Crippen LogP contribution in [-0.4, -0.2) is 16.2 Å². The molecule has 0 saturated heterocycles. The highest BCUT2D eigenvalue weighted by atomic mass is 79.9. The molecule has 4 heteroatoms. The highest BCUT2D eigenvalue weighted by Crippen LogP contribution is 2.47. The molecule has 0 bridgehead atoms. The molecule has 3 nitrogen and oxygen atoms in total. The van der Waals surface area contributed by atoms with E-state index in [1.165, 1.54) is 0 Å². The molecular weight excluding hydrogens is 272 g/mol. The molecule has 0 heterocycles. The highest BCUT2D eigenvalue weighted by molar-refractivity contribution is 9.10. The average molecular weight is 285 g/mol. The van der Waals surface area contributed by atoms with Crippen LogP contribution in [0.3, 0.4) is 0 Å². The van der Waals surface area contributed by atoms with E-state index in [4.69, 9.17) is 5.11 Å². The van der Waals surface area contributed by atoms with Crippen molar-refractivity contribution < 1.29 is 15.0 Å². The van der Waals surface area contributed by atoms with E-state index in [-0.39, 0.29) is 18.1 Å². The van der Waals surface area contributed by atoms with Crippen molar-refractivity contribution in [3.8, 4) is 5.75 Å². The SMILES string of the molecule is O=C(O)CC(c1ccc(Br)cc1O)C1CC1. The van der Waals surface area contributed by atoms with Crippen molar-refractivity contribution >= 4 is 21.9 Å². The van der Waals surface area contributed by atoms with Gasteiger partial charge in [0.25, 0.3) is 0 Å². The van der Waals surface area contributed by atoms with Gasteiger partial charge < -0.3 is 10.2 Å². The first-order valence-corrected chi connectivity index (χ1v) is 6.07. The van der Waals surface area contributed by atoms with Crippen LogP contribution in [0.15, 0.2) is 22.7 Å². The summed E-state index contributed by atoms with van der Waals surface area (Å²) < 4.78 is 0.804. The number of rotatable bonds is 4. The van der Waals surface area contributed by atoms with Crippen LogP contribution < -0.4 is 0 Å². The monoisotopic (exact) mass is 284 g/mol. The summed E-state index contributed by atoms with van der Waals surface area (Å²) in [7, 11) is 0. The molecule has 0 aliphatic heterocycles. The smallest absolute Gasteiger partial charge is 0.303 e. The van der Waals surface area contributed by atoms with Crippen molar-refractivity contribution in [3.63, 3.8) is 0 Å². The molecule has 1 atom stereocenters. The van der Waals surface area contributed by atoms with Gasteiger partial charge in [0.1, 0.15) is 5.75 Å². The lowest BCUT2D eigenvalue weighted by Gasteiger charge is -2.16. The van der Waals surface area contributed by atoms with E-state index >= 15 is 0 Å². The number of benzene rings is 1. The second-order valence-corrected chi connectivity index (χ2v) is 5.16. The lowest BCUT2D eigenvalue weighted by atomic mass is 9.90. The zero-order chi connectivity index (χ0) is 11.7. The first-order chi connectivity index (χ1) is 7.58. The fraction of sp³-hybridized carbons (Fsp3) is 0.417. The maximum atomic E-state index is 10.8. The van der Waals surface area contributed by atoms with Gasteiger partial charge in [-0.25, -0.2) is 0 Å². The molecule has 2 rings (SSSR count). The number of carboxylic acids is 1. The number of aromatic hydroxyl groups is 1. The van der Waals surface area contributed by atoms with Crippen molar-refractivity contribution in [3.05, 3.63) is 28.2 Å². The molecule has 1 saturated carbocycles. The van der Waals surface area contributed by atoms with E-state index in [0.717, 1.165) is 22.9 Å². The van der Waals surface area contributed by atoms with Crippen molar-refractivity contribution in [1.82, 2.24) is 0 Å². The van der Waals surface area contributed by atoms with Crippen molar-refractivity contribution in [2.75, 3.05) is 0 Å². The Bertz CT molecular complexity index is 413. The number of phenols is 1. The molecule has 1 aliphatic carbocycles. The van der Waals surface area contributed by atoms with Crippen molar-refractivity contribution in [1.29, 1.82) is 0 Å². The van der Waals surface area contributed by atoms with Gasteiger partial charge in [0.2, 0.25) is 0 Å². The quantitative estimate of drug-likeness (QED) is 0.893. The Morgan fingerprint density at radius 2 is 2.19 bits per heavy atom. The van der Waals surface area contributed by atoms with Gasteiger partial charge in [-0.1, -0.05) is 22.0 Å². The maximum absolute atomic E-state index is 10.8. The minimum absolute atomic E-state index is 0.0504. The minimum atomic E-state index is -0.806. The molecule has 2 N–H and O–H groups in total. The van der Waals surface area contributed by atoms with Crippen molar-refractivity contribution in [2.24, 2.45) is 5.92 Å². The molecule has 1 aromatic rings. The van der Waals surface area contributed by atoms with Gasteiger partial charge in [-0.05, 0) is 36.5 Å². The van der Waals surface area contributed by atoms with Gasteiger partial charge in [-0.2, -0.15) is 0 Å². The summed E-state index contributed by atoms with van der Waals surface area (Å²) in [6.07, 6.45) is 2.22. The van der Waals surface area contributed by atoms with Crippen LogP contribution in [0.25, 0.3) is 0 Å². The first-order valence-electron chi connectivity index (χ1n) is 5.28. The Morgan fingerprint density at radius 3 is 2.69 bits per heavy atom. The van der Waals surface area contributed by atoms with Gasteiger partial charge in [0, 0.05) is 10.4 Å². The second kappa shape index (κ2) is 4.45. The summed E-state index contributed by atoms with van der Waals surface area (Å²) in [6, 6.07) is 5.27. The Labute approximate surface area is 102 Å². The van der Waals surface area contributed by atoms with E-state index in [2.05, 4.69) is 15.9 Å².